The van der Waals surface area contributed by atoms with Crippen molar-refractivity contribution in [1.82, 2.24) is 0 Å². The van der Waals surface area contributed by atoms with Crippen LogP contribution in [0.4, 0.5) is 17.1 Å². The minimum Gasteiger partial charge on any atom is -0.874 e. The second-order valence-electron chi connectivity index (χ2n) is 16.0. The number of nitrogens with zero attached hydrogens (tertiary/aromatic N) is 2. The predicted molar refractivity (Wildman–Crippen MR) is 232 cm³/mol. The maximum Gasteiger partial charge on any atom is 0.333 e. The van der Waals surface area contributed by atoms with E-state index in [9.17, 15) is 19.5 Å². The first-order valence-electron chi connectivity index (χ1n) is 20.2. The van der Waals surface area contributed by atoms with Gasteiger partial charge in [-0.15, -0.1) is 5.76 Å². The van der Waals surface area contributed by atoms with Gasteiger partial charge in [0.05, 0.1) is 6.54 Å². The molecule has 58 heavy (non-hydrogen) atoms. The molecule has 0 heterocycles. The summed E-state index contributed by atoms with van der Waals surface area (Å²) in [5, 5.41) is 13.8. The molecule has 0 bridgehead atoms. The highest BCUT2D eigenvalue weighted by Gasteiger charge is 2.39. The first kappa shape index (κ1) is 43.4. The van der Waals surface area contributed by atoms with E-state index in [1.54, 1.807) is 13.8 Å². The van der Waals surface area contributed by atoms with Crippen molar-refractivity contribution in [3.8, 4) is 0 Å². The van der Waals surface area contributed by atoms with Crippen LogP contribution in [0.15, 0.2) is 103 Å². The van der Waals surface area contributed by atoms with Gasteiger partial charge in [0.2, 0.25) is 11.4 Å². The zero-order valence-corrected chi connectivity index (χ0v) is 35.8. The highest BCUT2D eigenvalue weighted by molar-refractivity contribution is 6.29. The molecule has 0 amide bonds. The fraction of sp³-hybridized carbons (Fsp3) is 0.360. The Kier molecular flexibility index (Phi) is 13.6. The Labute approximate surface area is 344 Å². The molecular weight excluding hydrogens is 725 g/mol. The molecule has 3 aromatic carbocycles. The van der Waals surface area contributed by atoms with E-state index in [0.29, 0.717) is 42.6 Å². The second-order valence-corrected chi connectivity index (χ2v) is 16.0. The molecule has 3 atom stereocenters. The lowest BCUT2D eigenvalue weighted by Gasteiger charge is -2.40. The molecule has 8 nitrogen and oxygen atoms in total. The number of ketones is 1. The Balaban J connectivity index is 1.43. The van der Waals surface area contributed by atoms with Crippen LogP contribution in [0.5, 0.6) is 0 Å². The fourth-order valence-corrected chi connectivity index (χ4v) is 8.12. The van der Waals surface area contributed by atoms with Gasteiger partial charge in [0.1, 0.15) is 6.10 Å². The van der Waals surface area contributed by atoms with E-state index < -0.39 is 29.9 Å². The van der Waals surface area contributed by atoms with Crippen molar-refractivity contribution < 1.29 is 33.5 Å². The van der Waals surface area contributed by atoms with Gasteiger partial charge in [-0.05, 0) is 109 Å². The van der Waals surface area contributed by atoms with Gasteiger partial charge in [0.15, 0.2) is 18.4 Å². The monoisotopic (exact) mass is 782 g/mol. The van der Waals surface area contributed by atoms with Crippen LogP contribution < -0.4 is 10.0 Å². The van der Waals surface area contributed by atoms with E-state index in [1.807, 2.05) is 62.4 Å². The topological polar surface area (TPSA) is 99.0 Å². The van der Waals surface area contributed by atoms with Gasteiger partial charge in [0, 0.05) is 63.2 Å². The summed E-state index contributed by atoms with van der Waals surface area (Å²) >= 11 is 0. The highest BCUT2D eigenvalue weighted by Crippen LogP contribution is 2.42. The van der Waals surface area contributed by atoms with Gasteiger partial charge in [0.25, 0.3) is 0 Å². The third kappa shape index (κ3) is 9.33. The standard InChI is InChI=1S/C50H58N2O6/c1-13-41(57-49(55)29(3)4)27-51(45-33(9)23-31(7)24-34(45)10)39-19-15-37(16-20-39)43-47(53)44(48(43)54)38-17-21-40(22-18-38)52(28-42(14-2)58-50(56)30(5)6)46-35(11)25-32(8)26-36(46)12/h15-26,37,41-43H,3,5,13-14,27-28H2,1-2,4,6-12H3. The van der Waals surface area contributed by atoms with Crippen LogP contribution in [0.25, 0.3) is 5.57 Å². The van der Waals surface area contributed by atoms with Crippen molar-refractivity contribution in [3.05, 3.63) is 142 Å². The van der Waals surface area contributed by atoms with Crippen LogP contribution in [0.1, 0.15) is 79.5 Å². The van der Waals surface area contributed by atoms with Crippen LogP contribution >= 0.6 is 0 Å². The van der Waals surface area contributed by atoms with E-state index in [0.717, 1.165) is 56.2 Å². The first-order valence-corrected chi connectivity index (χ1v) is 20.2. The number of benzene rings is 3. The number of hydrogen-bond acceptors (Lipinski definition) is 7. The average molecular weight is 783 g/mol. The molecule has 5 rings (SSSR count). The number of carbonyl (C=O) groups is 3. The van der Waals surface area contributed by atoms with Gasteiger partial charge in [-0.2, -0.15) is 4.58 Å². The van der Waals surface area contributed by atoms with Crippen LogP contribution in [0.3, 0.4) is 0 Å². The second kappa shape index (κ2) is 18.2. The molecule has 3 aromatic rings. The molecule has 0 aromatic heterocycles. The summed E-state index contributed by atoms with van der Waals surface area (Å²) in [5.74, 6) is -2.41. The van der Waals surface area contributed by atoms with E-state index in [2.05, 4.69) is 88.4 Å². The zero-order valence-electron chi connectivity index (χ0n) is 35.8. The maximum absolute atomic E-state index is 13.8. The normalized spacial score (nSPS) is 17.1. The molecular formula is C50H58N2O6. The van der Waals surface area contributed by atoms with Crippen LogP contribution in [-0.2, 0) is 23.9 Å². The SMILES string of the molecule is C=C(C)C(=O)OC(CC)CN(c1ccc(C2=C([O-])C(C3C=CC(=[N+](CC(CC)OC(=O)C(=C)C)c4c(C)cc(C)cc4C)C=C3)C2=O)cc1)c1c(C)cc(C)cc1C. The average Bonchev–Trinajstić information content (AvgIpc) is 3.16. The fourth-order valence-electron chi connectivity index (χ4n) is 8.12. The summed E-state index contributed by atoms with van der Waals surface area (Å²) in [7, 11) is 0. The zero-order chi connectivity index (χ0) is 42.6. The lowest BCUT2D eigenvalue weighted by atomic mass is 9.71. The molecule has 0 saturated heterocycles. The van der Waals surface area contributed by atoms with Gasteiger partial charge >= 0.3 is 11.9 Å². The highest BCUT2D eigenvalue weighted by atomic mass is 16.5. The summed E-state index contributed by atoms with van der Waals surface area (Å²) in [4.78, 5) is 41.0. The minimum atomic E-state index is -0.803. The lowest BCUT2D eigenvalue weighted by Crippen LogP contribution is -2.41. The van der Waals surface area contributed by atoms with Gasteiger partial charge < -0.3 is 19.5 Å². The summed E-state index contributed by atoms with van der Waals surface area (Å²) in [5.41, 5.74) is 11.9. The van der Waals surface area contributed by atoms with Gasteiger partial charge in [-0.3, -0.25) is 4.79 Å². The van der Waals surface area contributed by atoms with E-state index in [-0.39, 0.29) is 23.2 Å². The van der Waals surface area contributed by atoms with E-state index in [4.69, 9.17) is 9.47 Å². The molecule has 2 aliphatic rings. The van der Waals surface area contributed by atoms with Gasteiger partial charge in [-0.1, -0.05) is 74.5 Å². The summed E-state index contributed by atoms with van der Waals surface area (Å²) in [6.45, 7) is 28.0. The van der Waals surface area contributed by atoms with Crippen molar-refractivity contribution >= 4 is 46.1 Å². The lowest BCUT2D eigenvalue weighted by molar-refractivity contribution is -0.451. The van der Waals surface area contributed by atoms with E-state index in [1.165, 1.54) is 0 Å². The smallest absolute Gasteiger partial charge is 0.333 e. The van der Waals surface area contributed by atoms with Crippen molar-refractivity contribution in [3.63, 3.8) is 0 Å². The quantitative estimate of drug-likeness (QED) is 0.0861. The molecule has 0 aliphatic heterocycles. The Hall–Kier alpha value is -5.76. The van der Waals surface area contributed by atoms with Crippen molar-refractivity contribution in [1.29, 1.82) is 0 Å². The molecule has 0 fully saturated rings. The van der Waals surface area contributed by atoms with Crippen LogP contribution in [-0.4, -0.2) is 53.3 Å². The van der Waals surface area contributed by atoms with Crippen LogP contribution in [0.2, 0.25) is 0 Å². The predicted octanol–water partition coefficient (Wildman–Crippen LogP) is 9.27. The number of carbonyl (C=O) groups excluding carboxylic acids is 3. The number of Topliss-reactive ketones (excluding diaryl/α,β-unsaturated/α-hetero) is 1. The number of aryl methyl sites for hydroxylation is 6. The minimum absolute atomic E-state index is 0.180. The summed E-state index contributed by atoms with van der Waals surface area (Å²) in [6, 6.07) is 16.0. The Morgan fingerprint density at radius 2 is 1.26 bits per heavy atom. The van der Waals surface area contributed by atoms with Crippen molar-refractivity contribution in [2.75, 3.05) is 18.0 Å². The number of rotatable bonds is 15. The number of allylic oxidation sites excluding steroid dienone is 6. The number of esters is 2. The molecule has 0 radical (unpaired) electrons. The molecule has 2 aliphatic carbocycles. The molecule has 0 saturated carbocycles. The molecule has 0 N–H and O–H groups in total. The van der Waals surface area contributed by atoms with E-state index >= 15 is 0 Å². The Bertz CT molecular complexity index is 2210. The third-order valence-electron chi connectivity index (χ3n) is 10.9. The first-order chi connectivity index (χ1) is 27.4. The largest absolute Gasteiger partial charge is 0.874 e. The van der Waals surface area contributed by atoms with Crippen molar-refractivity contribution in [2.24, 2.45) is 11.8 Å². The van der Waals surface area contributed by atoms with Crippen molar-refractivity contribution in [2.45, 2.75) is 94.3 Å². The maximum atomic E-state index is 13.8. The molecule has 8 heteroatoms. The van der Waals surface area contributed by atoms with Crippen LogP contribution in [0, 0.1) is 53.4 Å². The molecule has 304 valence electrons. The number of ether oxygens (including phenoxy) is 2. The number of hydrogen-bond donors (Lipinski definition) is 0. The Morgan fingerprint density at radius 3 is 1.72 bits per heavy atom. The summed E-state index contributed by atoms with van der Waals surface area (Å²) < 4.78 is 13.8. The van der Waals surface area contributed by atoms with Gasteiger partial charge in [-0.25, -0.2) is 9.59 Å². The summed E-state index contributed by atoms with van der Waals surface area (Å²) in [6.07, 6.45) is 8.22. The number of anilines is 2. The Morgan fingerprint density at radius 1 is 0.776 bits per heavy atom. The molecule has 3 unspecified atom stereocenters. The molecule has 0 spiro atoms. The third-order valence-corrected chi connectivity index (χ3v) is 10.9.